The van der Waals surface area contributed by atoms with Crippen molar-refractivity contribution in [2.24, 2.45) is 0 Å². The summed E-state index contributed by atoms with van der Waals surface area (Å²) in [5, 5.41) is 18.4. The summed E-state index contributed by atoms with van der Waals surface area (Å²) in [5.74, 6) is -0.382. The molecule has 0 fully saturated rings. The SMILES string of the molecule is CCCCCCCCC/C=C\CCCCCCCCCC(=O)OC(COCCCCCCCCCCCCCCCCCCC)COP(=O)(O)OCC(O)CO. The van der Waals surface area contributed by atoms with Crippen molar-refractivity contribution in [2.75, 3.05) is 33.0 Å². The second-order valence-electron chi connectivity index (χ2n) is 16.1. The lowest BCUT2D eigenvalue weighted by atomic mass is 10.0. The van der Waals surface area contributed by atoms with Gasteiger partial charge in [-0.3, -0.25) is 13.8 Å². The maximum absolute atomic E-state index is 12.6. The molecule has 0 radical (unpaired) electrons. The van der Waals surface area contributed by atoms with E-state index in [-0.39, 0.29) is 25.6 Å². The molecular weight excluding hydrogens is 727 g/mol. The maximum Gasteiger partial charge on any atom is 0.472 e. The Morgan fingerprint density at radius 2 is 0.911 bits per heavy atom. The standard InChI is InChI=1S/C46H91O9P/c1-3-5-7-9-11-13-15-17-19-21-22-24-26-28-30-32-34-36-38-46(49)55-45(43-54-56(50,51)53-41-44(48)40-47)42-52-39-37-35-33-31-29-27-25-23-20-18-16-14-12-10-8-6-4-2/h19,21,44-45,47-48H,3-18,20,22-43H2,1-2H3,(H,50,51)/b21-19-. The van der Waals surface area contributed by atoms with Crippen LogP contribution in [0.5, 0.6) is 0 Å². The summed E-state index contributed by atoms with van der Waals surface area (Å²) in [6.07, 6.45) is 44.5. The predicted octanol–water partition coefficient (Wildman–Crippen LogP) is 13.3. The van der Waals surface area contributed by atoms with Crippen LogP contribution in [0.15, 0.2) is 12.2 Å². The highest BCUT2D eigenvalue weighted by Gasteiger charge is 2.26. The second-order valence-corrected chi connectivity index (χ2v) is 17.6. The Bertz CT molecular complexity index is 887. The number of carbonyl (C=O) groups is 1. The van der Waals surface area contributed by atoms with Crippen molar-refractivity contribution in [2.45, 2.75) is 244 Å². The van der Waals surface area contributed by atoms with Crippen molar-refractivity contribution in [3.63, 3.8) is 0 Å². The largest absolute Gasteiger partial charge is 0.472 e. The molecule has 0 bridgehead atoms. The average molecular weight is 819 g/mol. The number of hydrogen-bond acceptors (Lipinski definition) is 8. The lowest BCUT2D eigenvalue weighted by Gasteiger charge is -2.20. The van der Waals surface area contributed by atoms with Crippen LogP contribution in [0.3, 0.4) is 0 Å². The molecule has 3 unspecified atom stereocenters. The van der Waals surface area contributed by atoms with Gasteiger partial charge in [0, 0.05) is 13.0 Å². The topological polar surface area (TPSA) is 132 Å². The van der Waals surface area contributed by atoms with E-state index in [0.717, 1.165) is 38.5 Å². The normalized spacial score (nSPS) is 14.0. The molecule has 0 amide bonds. The highest BCUT2D eigenvalue weighted by molar-refractivity contribution is 7.47. The van der Waals surface area contributed by atoms with Gasteiger partial charge in [0.05, 0.1) is 26.4 Å². The lowest BCUT2D eigenvalue weighted by molar-refractivity contribution is -0.154. The molecule has 334 valence electrons. The van der Waals surface area contributed by atoms with Crippen molar-refractivity contribution in [1.29, 1.82) is 0 Å². The van der Waals surface area contributed by atoms with Gasteiger partial charge in [0.25, 0.3) is 0 Å². The molecule has 0 aliphatic rings. The quantitative estimate of drug-likeness (QED) is 0.0238. The molecule has 0 saturated heterocycles. The van der Waals surface area contributed by atoms with Crippen LogP contribution in [0.1, 0.15) is 232 Å². The van der Waals surface area contributed by atoms with Crippen LogP contribution in [0.25, 0.3) is 0 Å². The molecule has 0 aromatic heterocycles. The molecule has 0 aliphatic carbocycles. The third kappa shape index (κ3) is 42.8. The first-order valence-corrected chi connectivity index (χ1v) is 25.2. The Morgan fingerprint density at radius 1 is 0.536 bits per heavy atom. The van der Waals surface area contributed by atoms with Crippen LogP contribution in [0.4, 0.5) is 0 Å². The van der Waals surface area contributed by atoms with Gasteiger partial charge in [-0.15, -0.1) is 0 Å². The van der Waals surface area contributed by atoms with E-state index in [0.29, 0.717) is 6.61 Å². The molecule has 0 spiro atoms. The molecule has 3 atom stereocenters. The number of phosphoric acid groups is 1. The van der Waals surface area contributed by atoms with E-state index in [1.54, 1.807) is 0 Å². The van der Waals surface area contributed by atoms with Crippen LogP contribution in [-0.4, -0.2) is 66.3 Å². The minimum absolute atomic E-state index is 0.0537. The van der Waals surface area contributed by atoms with Gasteiger partial charge in [-0.1, -0.05) is 199 Å². The Hall–Kier alpha value is -0.800. The summed E-state index contributed by atoms with van der Waals surface area (Å²) < 4.78 is 33.5. The first-order valence-electron chi connectivity index (χ1n) is 23.7. The lowest BCUT2D eigenvalue weighted by Crippen LogP contribution is -2.29. The van der Waals surface area contributed by atoms with E-state index in [1.807, 2.05) is 0 Å². The van der Waals surface area contributed by atoms with E-state index in [9.17, 15) is 19.4 Å². The zero-order valence-corrected chi connectivity index (χ0v) is 37.5. The molecule has 0 saturated carbocycles. The van der Waals surface area contributed by atoms with Gasteiger partial charge >= 0.3 is 13.8 Å². The first-order chi connectivity index (χ1) is 27.3. The van der Waals surface area contributed by atoms with E-state index in [2.05, 4.69) is 26.0 Å². The minimum atomic E-state index is -4.51. The van der Waals surface area contributed by atoms with Crippen LogP contribution in [0.2, 0.25) is 0 Å². The molecular formula is C46H91O9P. The summed E-state index contributed by atoms with van der Waals surface area (Å²) in [6, 6.07) is 0. The molecule has 0 aliphatic heterocycles. The molecule has 9 nitrogen and oxygen atoms in total. The zero-order valence-electron chi connectivity index (χ0n) is 36.6. The fourth-order valence-electron chi connectivity index (χ4n) is 6.82. The number of aliphatic hydroxyl groups is 2. The highest BCUT2D eigenvalue weighted by atomic mass is 31.2. The van der Waals surface area contributed by atoms with Gasteiger partial charge in [-0.25, -0.2) is 4.57 Å². The van der Waals surface area contributed by atoms with E-state index in [4.69, 9.17) is 23.6 Å². The Kier molecular flexibility index (Phi) is 43.1. The van der Waals surface area contributed by atoms with Crippen LogP contribution < -0.4 is 0 Å². The molecule has 10 heteroatoms. The third-order valence-corrected chi connectivity index (χ3v) is 11.4. The van der Waals surface area contributed by atoms with Gasteiger partial charge in [0.15, 0.2) is 0 Å². The van der Waals surface area contributed by atoms with Gasteiger partial charge < -0.3 is 24.6 Å². The Morgan fingerprint density at radius 3 is 1.34 bits per heavy atom. The summed E-state index contributed by atoms with van der Waals surface area (Å²) in [5.41, 5.74) is 0. The van der Waals surface area contributed by atoms with Gasteiger partial charge in [-0.05, 0) is 38.5 Å². The van der Waals surface area contributed by atoms with Crippen LogP contribution in [0, 0.1) is 0 Å². The number of hydrogen-bond donors (Lipinski definition) is 3. The fraction of sp³-hybridized carbons (Fsp3) is 0.935. The highest BCUT2D eigenvalue weighted by Crippen LogP contribution is 2.43. The summed E-state index contributed by atoms with van der Waals surface area (Å²) in [7, 11) is -4.51. The zero-order chi connectivity index (χ0) is 41.1. The number of carbonyl (C=O) groups excluding carboxylic acids is 1. The van der Waals surface area contributed by atoms with Crippen molar-refractivity contribution in [3.05, 3.63) is 12.2 Å². The van der Waals surface area contributed by atoms with E-state index < -0.39 is 33.2 Å². The Labute approximate surface area is 345 Å². The van der Waals surface area contributed by atoms with Crippen molar-refractivity contribution in [1.82, 2.24) is 0 Å². The number of unbranched alkanes of at least 4 members (excludes halogenated alkanes) is 30. The van der Waals surface area contributed by atoms with Gasteiger partial charge in [0.2, 0.25) is 0 Å². The molecule has 3 N–H and O–H groups in total. The van der Waals surface area contributed by atoms with E-state index in [1.165, 1.54) is 173 Å². The van der Waals surface area contributed by atoms with Crippen LogP contribution >= 0.6 is 7.82 Å². The minimum Gasteiger partial charge on any atom is -0.457 e. The smallest absolute Gasteiger partial charge is 0.457 e. The van der Waals surface area contributed by atoms with E-state index >= 15 is 0 Å². The van der Waals surface area contributed by atoms with Gasteiger partial charge in [0.1, 0.15) is 12.2 Å². The number of phosphoric ester groups is 1. The van der Waals surface area contributed by atoms with Crippen LogP contribution in [-0.2, 0) is 27.9 Å². The molecule has 0 aromatic carbocycles. The molecule has 56 heavy (non-hydrogen) atoms. The summed E-state index contributed by atoms with van der Waals surface area (Å²) in [6.45, 7) is 3.57. The van der Waals surface area contributed by atoms with Crippen molar-refractivity contribution >= 4 is 13.8 Å². The van der Waals surface area contributed by atoms with Crippen molar-refractivity contribution in [3.8, 4) is 0 Å². The van der Waals surface area contributed by atoms with Crippen molar-refractivity contribution < 1.29 is 43.0 Å². The first kappa shape index (κ1) is 55.2. The monoisotopic (exact) mass is 819 g/mol. The summed E-state index contributed by atoms with van der Waals surface area (Å²) >= 11 is 0. The fourth-order valence-corrected chi connectivity index (χ4v) is 7.61. The second kappa shape index (κ2) is 43.8. The molecule has 0 aromatic rings. The molecule has 0 rings (SSSR count). The third-order valence-electron chi connectivity index (χ3n) is 10.5. The Balaban J connectivity index is 4.10. The number of esters is 1. The number of rotatable bonds is 46. The predicted molar refractivity (Wildman–Crippen MR) is 233 cm³/mol. The molecule has 0 heterocycles. The number of ether oxygens (including phenoxy) is 2. The number of allylic oxidation sites excluding steroid dienone is 2. The maximum atomic E-state index is 12.6. The number of aliphatic hydroxyl groups excluding tert-OH is 2. The average Bonchev–Trinajstić information content (AvgIpc) is 3.19. The summed E-state index contributed by atoms with van der Waals surface area (Å²) in [4.78, 5) is 22.6. The van der Waals surface area contributed by atoms with Gasteiger partial charge in [-0.2, -0.15) is 0 Å².